The van der Waals surface area contributed by atoms with Crippen molar-refractivity contribution >= 4 is 22.6 Å². The van der Waals surface area contributed by atoms with Gasteiger partial charge in [-0.05, 0) is 64.3 Å². The van der Waals surface area contributed by atoms with Crippen molar-refractivity contribution in [2.45, 2.75) is 59.8 Å². The molecule has 0 spiro atoms. The first-order valence-electron chi connectivity index (χ1n) is 11.9. The molecule has 1 aliphatic heterocycles. The van der Waals surface area contributed by atoms with Crippen molar-refractivity contribution in [2.24, 2.45) is 0 Å². The van der Waals surface area contributed by atoms with Crippen LogP contribution >= 0.6 is 0 Å². The highest BCUT2D eigenvalue weighted by molar-refractivity contribution is 6.07. The van der Waals surface area contributed by atoms with Crippen LogP contribution < -0.4 is 4.90 Å². The molecule has 0 unspecified atom stereocenters. The molecule has 6 heteroatoms. The molecular formula is C28H36N2O4. The smallest absolute Gasteiger partial charge is 0.339 e. The minimum atomic E-state index is -0.886. The summed E-state index contributed by atoms with van der Waals surface area (Å²) in [5, 5.41) is 10.9. The van der Waals surface area contributed by atoms with Crippen molar-refractivity contribution in [3.8, 4) is 11.1 Å². The minimum absolute atomic E-state index is 0.0641. The molecule has 2 heterocycles. The van der Waals surface area contributed by atoms with Gasteiger partial charge in [0.05, 0.1) is 30.5 Å². The highest BCUT2D eigenvalue weighted by Crippen LogP contribution is 2.48. The van der Waals surface area contributed by atoms with Gasteiger partial charge in [0.25, 0.3) is 0 Å². The van der Waals surface area contributed by atoms with Crippen LogP contribution in [0.2, 0.25) is 0 Å². The van der Waals surface area contributed by atoms with Gasteiger partial charge in [-0.3, -0.25) is 0 Å². The van der Waals surface area contributed by atoms with Crippen LogP contribution in [0.15, 0.2) is 30.3 Å². The second-order valence-corrected chi connectivity index (χ2v) is 10.2. The fourth-order valence-corrected chi connectivity index (χ4v) is 5.16. The van der Waals surface area contributed by atoms with E-state index in [0.717, 1.165) is 51.9 Å². The van der Waals surface area contributed by atoms with Gasteiger partial charge < -0.3 is 24.0 Å². The van der Waals surface area contributed by atoms with Crippen LogP contribution in [0.5, 0.6) is 0 Å². The molecule has 2 aromatic carbocycles. The minimum Gasteiger partial charge on any atom is -0.467 e. The van der Waals surface area contributed by atoms with Crippen molar-refractivity contribution in [3.63, 3.8) is 0 Å². The van der Waals surface area contributed by atoms with Gasteiger partial charge in [-0.1, -0.05) is 29.8 Å². The summed E-state index contributed by atoms with van der Waals surface area (Å²) < 4.78 is 14.0. The third kappa shape index (κ3) is 4.21. The van der Waals surface area contributed by atoms with Gasteiger partial charge in [0.15, 0.2) is 6.10 Å². The number of hydrogen-bond donors (Lipinski definition) is 1. The number of rotatable bonds is 6. The Kier molecular flexibility index (Phi) is 6.49. The Balaban J connectivity index is 2.15. The predicted octanol–water partition coefficient (Wildman–Crippen LogP) is 5.08. The monoisotopic (exact) mass is 464 g/mol. The molecule has 0 bridgehead atoms. The SMILES string of the molecule is COC(=O)[C@@H](OC(C)(C)C)c1c(C)c2c3c(cc(C)n3CCN2CCO)c1-c1ccc(C)cc1. The first kappa shape index (κ1) is 24.3. The lowest BCUT2D eigenvalue weighted by molar-refractivity contribution is -0.164. The number of ether oxygens (including phenoxy) is 2. The predicted molar refractivity (Wildman–Crippen MR) is 136 cm³/mol. The lowest BCUT2D eigenvalue weighted by atomic mass is 9.87. The van der Waals surface area contributed by atoms with E-state index in [9.17, 15) is 9.90 Å². The summed E-state index contributed by atoms with van der Waals surface area (Å²) in [7, 11) is 1.41. The lowest BCUT2D eigenvalue weighted by Crippen LogP contribution is -2.35. The summed E-state index contributed by atoms with van der Waals surface area (Å²) in [6.45, 7) is 14.4. The molecular weight excluding hydrogens is 428 g/mol. The normalized spacial score (nSPS) is 14.5. The summed E-state index contributed by atoms with van der Waals surface area (Å²) >= 11 is 0. The highest BCUT2D eigenvalue weighted by Gasteiger charge is 2.36. The van der Waals surface area contributed by atoms with Gasteiger partial charge in [0.2, 0.25) is 0 Å². The van der Waals surface area contributed by atoms with Gasteiger partial charge in [-0.15, -0.1) is 0 Å². The third-order valence-electron chi connectivity index (χ3n) is 6.59. The number of benzene rings is 2. The second-order valence-electron chi connectivity index (χ2n) is 10.2. The fraction of sp³-hybridized carbons (Fsp3) is 0.464. The molecule has 34 heavy (non-hydrogen) atoms. The number of methoxy groups -OCH3 is 1. The van der Waals surface area contributed by atoms with E-state index in [1.54, 1.807) is 0 Å². The molecule has 0 saturated carbocycles. The van der Waals surface area contributed by atoms with Crippen LogP contribution in [0.25, 0.3) is 22.0 Å². The Labute approximate surface area is 202 Å². The molecule has 0 aliphatic carbocycles. The van der Waals surface area contributed by atoms with Crippen molar-refractivity contribution in [1.82, 2.24) is 4.57 Å². The van der Waals surface area contributed by atoms with E-state index in [2.05, 4.69) is 60.6 Å². The van der Waals surface area contributed by atoms with Crippen LogP contribution in [0, 0.1) is 20.8 Å². The Hall–Kier alpha value is -2.83. The van der Waals surface area contributed by atoms with Gasteiger partial charge >= 0.3 is 5.97 Å². The van der Waals surface area contributed by atoms with E-state index in [0.29, 0.717) is 6.54 Å². The van der Waals surface area contributed by atoms with Crippen molar-refractivity contribution in [2.75, 3.05) is 31.7 Å². The number of aliphatic hydroxyl groups is 1. The molecule has 0 saturated heterocycles. The number of esters is 1. The van der Waals surface area contributed by atoms with Crippen LogP contribution in [-0.4, -0.2) is 48.1 Å². The Bertz CT molecular complexity index is 1220. The number of aromatic nitrogens is 1. The zero-order valence-corrected chi connectivity index (χ0v) is 21.4. The van der Waals surface area contributed by atoms with E-state index >= 15 is 0 Å². The van der Waals surface area contributed by atoms with Gasteiger partial charge in [-0.25, -0.2) is 4.79 Å². The molecule has 182 valence electrons. The van der Waals surface area contributed by atoms with E-state index in [1.807, 2.05) is 20.8 Å². The Morgan fingerprint density at radius 2 is 1.79 bits per heavy atom. The van der Waals surface area contributed by atoms with E-state index in [-0.39, 0.29) is 6.61 Å². The van der Waals surface area contributed by atoms with Crippen molar-refractivity contribution in [3.05, 3.63) is 52.7 Å². The van der Waals surface area contributed by atoms with E-state index < -0.39 is 17.7 Å². The van der Waals surface area contributed by atoms with Crippen LogP contribution in [0.3, 0.4) is 0 Å². The molecule has 1 atom stereocenters. The van der Waals surface area contributed by atoms with Crippen molar-refractivity contribution < 1.29 is 19.4 Å². The Morgan fingerprint density at radius 1 is 1.12 bits per heavy atom. The lowest BCUT2D eigenvalue weighted by Gasteiger charge is -2.36. The number of aliphatic hydroxyl groups excluding tert-OH is 1. The quantitative estimate of drug-likeness (QED) is 0.516. The summed E-state index contributed by atoms with van der Waals surface area (Å²) in [6.07, 6.45) is -0.886. The maximum atomic E-state index is 13.2. The molecule has 1 N–H and O–H groups in total. The third-order valence-corrected chi connectivity index (χ3v) is 6.59. The number of anilines is 1. The fourth-order valence-electron chi connectivity index (χ4n) is 5.16. The second kappa shape index (κ2) is 9.08. The first-order valence-corrected chi connectivity index (χ1v) is 11.9. The van der Waals surface area contributed by atoms with Crippen LogP contribution in [0.1, 0.15) is 49.3 Å². The molecule has 1 aliphatic rings. The molecule has 4 rings (SSSR count). The number of nitrogens with zero attached hydrogens (tertiary/aromatic N) is 2. The maximum absolute atomic E-state index is 13.2. The molecule has 0 radical (unpaired) electrons. The molecule has 6 nitrogen and oxygen atoms in total. The average Bonchev–Trinajstić information content (AvgIpc) is 3.11. The maximum Gasteiger partial charge on any atom is 0.339 e. The average molecular weight is 465 g/mol. The zero-order valence-electron chi connectivity index (χ0n) is 21.4. The summed E-state index contributed by atoms with van der Waals surface area (Å²) in [5.41, 5.74) is 7.85. The summed E-state index contributed by atoms with van der Waals surface area (Å²) in [6, 6.07) is 10.6. The number of β-amino-alcohol motifs (C(OH)–C–C–N with tert-alkyl or cyclic N) is 1. The van der Waals surface area contributed by atoms with E-state index in [4.69, 9.17) is 9.47 Å². The Morgan fingerprint density at radius 3 is 2.38 bits per heavy atom. The molecule has 3 aromatic rings. The zero-order chi connectivity index (χ0) is 24.8. The highest BCUT2D eigenvalue weighted by atomic mass is 16.6. The molecule has 1 aromatic heterocycles. The number of aryl methyl sites for hydroxylation is 2. The topological polar surface area (TPSA) is 63.9 Å². The summed E-state index contributed by atoms with van der Waals surface area (Å²) in [5.74, 6) is -0.418. The van der Waals surface area contributed by atoms with Gasteiger partial charge in [-0.2, -0.15) is 0 Å². The standard InChI is InChI=1S/C28H36N2O4/c1-17-8-10-20(11-9-17)23-21-16-18(2)30-13-12-29(14-15-31)24(25(21)30)19(3)22(23)26(27(32)33-7)34-28(4,5)6/h8-11,16,26,31H,12-15H2,1-7H3/t26-/m0/s1. The number of hydrogen-bond acceptors (Lipinski definition) is 5. The number of carbonyl (C=O) groups excluding carboxylic acids is 1. The number of carbonyl (C=O) groups is 1. The van der Waals surface area contributed by atoms with Crippen LogP contribution in [0.4, 0.5) is 5.69 Å². The molecule has 0 amide bonds. The van der Waals surface area contributed by atoms with Gasteiger partial charge in [0, 0.05) is 36.3 Å². The van der Waals surface area contributed by atoms with E-state index in [1.165, 1.54) is 18.4 Å². The van der Waals surface area contributed by atoms with Gasteiger partial charge in [0.1, 0.15) is 0 Å². The summed E-state index contributed by atoms with van der Waals surface area (Å²) in [4.78, 5) is 15.4. The van der Waals surface area contributed by atoms with Crippen molar-refractivity contribution in [1.29, 1.82) is 0 Å². The molecule has 0 fully saturated rings. The largest absolute Gasteiger partial charge is 0.467 e. The van der Waals surface area contributed by atoms with Crippen LogP contribution in [-0.2, 0) is 20.8 Å². The first-order chi connectivity index (χ1) is 16.1.